The first-order chi connectivity index (χ1) is 9.11. The highest BCUT2D eigenvalue weighted by Crippen LogP contribution is 2.21. The number of rotatable bonds is 5. The lowest BCUT2D eigenvalue weighted by atomic mass is 10.3. The maximum Gasteiger partial charge on any atom is 0.252 e. The summed E-state index contributed by atoms with van der Waals surface area (Å²) >= 11 is 1.52. The molecule has 2 aromatic rings. The topological polar surface area (TPSA) is 47.0 Å². The molecule has 2 rings (SSSR count). The minimum Gasteiger partial charge on any atom is -0.475 e. The van der Waals surface area contributed by atoms with Crippen molar-refractivity contribution in [3.05, 3.63) is 33.8 Å². The van der Waals surface area contributed by atoms with E-state index in [0.717, 1.165) is 16.6 Å². The average Bonchev–Trinajstić information content (AvgIpc) is 2.78. The highest BCUT2D eigenvalue weighted by Gasteiger charge is 2.12. The van der Waals surface area contributed by atoms with Gasteiger partial charge in [-0.15, -0.1) is 11.3 Å². The van der Waals surface area contributed by atoms with E-state index in [-0.39, 0.29) is 18.3 Å². The van der Waals surface area contributed by atoms with Crippen LogP contribution in [0, 0.1) is 18.6 Å². The van der Waals surface area contributed by atoms with Crippen LogP contribution in [0.25, 0.3) is 0 Å². The predicted octanol–water partition coefficient (Wildman–Crippen LogP) is 2.79. The van der Waals surface area contributed by atoms with Gasteiger partial charge in [-0.3, -0.25) is 0 Å². The van der Waals surface area contributed by atoms with Crippen LogP contribution in [-0.4, -0.2) is 23.6 Å². The number of nitrogens with zero attached hydrogens (tertiary/aromatic N) is 2. The summed E-state index contributed by atoms with van der Waals surface area (Å²) in [7, 11) is 1.51. The van der Waals surface area contributed by atoms with E-state index in [1.165, 1.54) is 18.4 Å². The van der Waals surface area contributed by atoms with Crippen LogP contribution in [0.1, 0.15) is 10.6 Å². The number of hydrogen-bond donors (Lipinski definition) is 1. The predicted molar refractivity (Wildman–Crippen MR) is 69.7 cm³/mol. The van der Waals surface area contributed by atoms with Gasteiger partial charge in [0, 0.05) is 24.4 Å². The standard InChI is InChI=1S/C12H13F2N3OS/c1-7-10(19-6-16-7)3-4-18-12-9(14)5-8(13)11(15-2)17-12/h5-6H,3-4H2,1-2H3,(H,15,17). The summed E-state index contributed by atoms with van der Waals surface area (Å²) in [5, 5.41) is 2.54. The van der Waals surface area contributed by atoms with Gasteiger partial charge in [0.15, 0.2) is 17.5 Å². The molecular weight excluding hydrogens is 272 g/mol. The van der Waals surface area contributed by atoms with E-state index in [4.69, 9.17) is 4.74 Å². The van der Waals surface area contributed by atoms with Gasteiger partial charge in [-0.25, -0.2) is 13.8 Å². The summed E-state index contributed by atoms with van der Waals surface area (Å²) in [6.45, 7) is 2.17. The summed E-state index contributed by atoms with van der Waals surface area (Å²) in [5.41, 5.74) is 2.69. The average molecular weight is 285 g/mol. The molecule has 19 heavy (non-hydrogen) atoms. The molecule has 0 bridgehead atoms. The number of aromatic nitrogens is 2. The third kappa shape index (κ3) is 3.17. The van der Waals surface area contributed by atoms with E-state index in [0.29, 0.717) is 6.42 Å². The molecule has 0 aliphatic heterocycles. The monoisotopic (exact) mass is 285 g/mol. The van der Waals surface area contributed by atoms with Crippen molar-refractivity contribution in [2.24, 2.45) is 0 Å². The summed E-state index contributed by atoms with van der Waals surface area (Å²) in [6.07, 6.45) is 0.615. The second kappa shape index (κ2) is 5.92. The fourth-order valence-electron chi connectivity index (χ4n) is 1.53. The Bertz CT molecular complexity index is 574. The largest absolute Gasteiger partial charge is 0.475 e. The first-order valence-electron chi connectivity index (χ1n) is 5.67. The quantitative estimate of drug-likeness (QED) is 0.917. The van der Waals surface area contributed by atoms with Crippen molar-refractivity contribution in [1.82, 2.24) is 9.97 Å². The number of hydrogen-bond acceptors (Lipinski definition) is 5. The van der Waals surface area contributed by atoms with Crippen LogP contribution in [0.4, 0.5) is 14.6 Å². The van der Waals surface area contributed by atoms with Gasteiger partial charge >= 0.3 is 0 Å². The number of pyridine rings is 1. The van der Waals surface area contributed by atoms with Gasteiger partial charge in [-0.2, -0.15) is 4.98 Å². The van der Waals surface area contributed by atoms with Gasteiger partial charge in [0.25, 0.3) is 5.88 Å². The Hall–Kier alpha value is -1.76. The van der Waals surface area contributed by atoms with Crippen LogP contribution in [0.3, 0.4) is 0 Å². The molecule has 0 aliphatic carbocycles. The molecule has 7 heteroatoms. The third-order valence-corrected chi connectivity index (χ3v) is 3.54. The zero-order chi connectivity index (χ0) is 13.8. The summed E-state index contributed by atoms with van der Waals surface area (Å²) in [6, 6.07) is 0.756. The molecule has 1 N–H and O–H groups in total. The van der Waals surface area contributed by atoms with Crippen molar-refractivity contribution in [3.63, 3.8) is 0 Å². The normalized spacial score (nSPS) is 10.5. The summed E-state index contributed by atoms with van der Waals surface area (Å²) < 4.78 is 31.9. The van der Waals surface area contributed by atoms with Crippen LogP contribution < -0.4 is 10.1 Å². The fourth-order valence-corrected chi connectivity index (χ4v) is 2.30. The van der Waals surface area contributed by atoms with Crippen molar-refractivity contribution in [2.75, 3.05) is 19.0 Å². The summed E-state index contributed by atoms with van der Waals surface area (Å²) in [4.78, 5) is 8.93. The highest BCUT2D eigenvalue weighted by molar-refractivity contribution is 7.09. The fraction of sp³-hybridized carbons (Fsp3) is 0.333. The molecule has 0 saturated carbocycles. The molecule has 102 valence electrons. The maximum absolute atomic E-state index is 13.4. The smallest absolute Gasteiger partial charge is 0.252 e. The van der Waals surface area contributed by atoms with Crippen LogP contribution in [0.5, 0.6) is 5.88 Å². The molecule has 0 radical (unpaired) electrons. The van der Waals surface area contributed by atoms with Crippen LogP contribution >= 0.6 is 11.3 Å². The zero-order valence-corrected chi connectivity index (χ0v) is 11.4. The number of aryl methyl sites for hydroxylation is 1. The Labute approximate surface area is 113 Å². The van der Waals surface area contributed by atoms with E-state index in [2.05, 4.69) is 15.3 Å². The Balaban J connectivity index is 2.01. The van der Waals surface area contributed by atoms with Gasteiger partial charge in [-0.05, 0) is 6.92 Å². The van der Waals surface area contributed by atoms with Crippen molar-refractivity contribution in [3.8, 4) is 5.88 Å². The zero-order valence-electron chi connectivity index (χ0n) is 10.5. The molecule has 0 spiro atoms. The number of anilines is 1. The number of ether oxygens (including phenoxy) is 1. The molecule has 4 nitrogen and oxygen atoms in total. The maximum atomic E-state index is 13.4. The summed E-state index contributed by atoms with van der Waals surface area (Å²) in [5.74, 6) is -1.79. The van der Waals surface area contributed by atoms with Crippen LogP contribution in [0.15, 0.2) is 11.6 Å². The Morgan fingerprint density at radius 3 is 2.79 bits per heavy atom. The number of halogens is 2. The Kier molecular flexibility index (Phi) is 4.26. The minimum absolute atomic E-state index is 0.0367. The lowest BCUT2D eigenvalue weighted by Crippen LogP contribution is -2.07. The second-order valence-electron chi connectivity index (χ2n) is 3.82. The van der Waals surface area contributed by atoms with Gasteiger partial charge in [0.05, 0.1) is 17.8 Å². The first kappa shape index (κ1) is 13.7. The molecule has 2 aromatic heterocycles. The molecule has 0 fully saturated rings. The first-order valence-corrected chi connectivity index (χ1v) is 6.55. The number of nitrogens with one attached hydrogen (secondary N) is 1. The highest BCUT2D eigenvalue weighted by atomic mass is 32.1. The lowest BCUT2D eigenvalue weighted by molar-refractivity contribution is 0.291. The van der Waals surface area contributed by atoms with Crippen molar-refractivity contribution >= 4 is 17.2 Å². The van der Waals surface area contributed by atoms with Crippen LogP contribution in [0.2, 0.25) is 0 Å². The minimum atomic E-state index is -0.808. The van der Waals surface area contributed by atoms with Crippen molar-refractivity contribution in [2.45, 2.75) is 13.3 Å². The van der Waals surface area contributed by atoms with Gasteiger partial charge in [0.1, 0.15) is 0 Å². The van der Waals surface area contributed by atoms with E-state index >= 15 is 0 Å². The van der Waals surface area contributed by atoms with Gasteiger partial charge < -0.3 is 10.1 Å². The molecule has 0 atom stereocenters. The SMILES string of the molecule is CNc1nc(OCCc2scnc2C)c(F)cc1F. The molecule has 0 amide bonds. The van der Waals surface area contributed by atoms with Crippen molar-refractivity contribution < 1.29 is 13.5 Å². The second-order valence-corrected chi connectivity index (χ2v) is 4.75. The molecule has 2 heterocycles. The van der Waals surface area contributed by atoms with Gasteiger partial charge in [0.2, 0.25) is 0 Å². The third-order valence-electron chi connectivity index (χ3n) is 2.55. The molecule has 0 saturated heterocycles. The molecule has 0 unspecified atom stereocenters. The van der Waals surface area contributed by atoms with Crippen molar-refractivity contribution in [1.29, 1.82) is 0 Å². The molecule has 0 aromatic carbocycles. The molecular formula is C12H13F2N3OS. The lowest BCUT2D eigenvalue weighted by Gasteiger charge is -2.08. The van der Waals surface area contributed by atoms with Gasteiger partial charge in [-0.1, -0.05) is 0 Å². The van der Waals surface area contributed by atoms with E-state index in [1.807, 2.05) is 6.92 Å². The van der Waals surface area contributed by atoms with Crippen LogP contribution in [-0.2, 0) is 6.42 Å². The van der Waals surface area contributed by atoms with E-state index in [9.17, 15) is 8.78 Å². The van der Waals surface area contributed by atoms with E-state index < -0.39 is 11.6 Å². The number of thiazole rings is 1. The Morgan fingerprint density at radius 2 is 2.16 bits per heavy atom. The Morgan fingerprint density at radius 1 is 1.37 bits per heavy atom. The van der Waals surface area contributed by atoms with E-state index in [1.54, 1.807) is 5.51 Å². The molecule has 0 aliphatic rings.